The molecule has 2 fully saturated rings. The van der Waals surface area contributed by atoms with Crippen molar-refractivity contribution in [2.75, 3.05) is 20.6 Å². The highest BCUT2D eigenvalue weighted by Crippen LogP contribution is 2.55. The zero-order valence-corrected chi connectivity index (χ0v) is 10.4. The Morgan fingerprint density at radius 2 is 2.45 bits per heavy atom. The fraction of sp³-hybridized carbons (Fsp3) is 0.667. The van der Waals surface area contributed by atoms with Gasteiger partial charge in [-0.25, -0.2) is 0 Å². The Morgan fingerprint density at radius 1 is 1.50 bits per heavy atom. The van der Waals surface area contributed by atoms with Crippen molar-refractivity contribution >= 4 is 0 Å². The molecule has 2 heteroatoms. The van der Waals surface area contributed by atoms with Gasteiger partial charge in [-0.05, 0) is 68.1 Å². The molecule has 0 spiro atoms. The average molecular weight is 294 g/mol. The fourth-order valence-electron chi connectivity index (χ4n) is 2.43. The topological polar surface area (TPSA) is 12.5 Å². The molecule has 4 rings (SSSR count). The number of likely N-dealkylation sites (N-methyl/N-ethyl adjacent to an activating group) is 1. The van der Waals surface area contributed by atoms with Crippen LogP contribution >= 0.6 is 0 Å². The predicted molar refractivity (Wildman–Crippen MR) is 81.4 cm³/mol. The van der Waals surface area contributed by atoms with Crippen LogP contribution < -0.4 is 4.74 Å². The van der Waals surface area contributed by atoms with E-state index in [-0.39, 0.29) is 4.90 Å². The van der Waals surface area contributed by atoms with E-state index >= 15 is 0 Å². The quantitative estimate of drug-likeness (QED) is 0.787. The highest BCUT2D eigenvalue weighted by Gasteiger charge is 2.53. The van der Waals surface area contributed by atoms with E-state index in [1.807, 2.05) is 0 Å². The third kappa shape index (κ3) is 1.60. The molecule has 108 valence electrons. The molecule has 0 amide bonds. The molecule has 1 aromatic rings. The molecule has 1 saturated heterocycles. The Kier molecular flexibility index (Phi) is 0.712. The molecule has 2 nitrogen and oxygen atoms in total. The molecule has 1 saturated carbocycles. The Morgan fingerprint density at radius 3 is 3.35 bits per heavy atom. The lowest BCUT2D eigenvalue weighted by Gasteiger charge is -2.58. The van der Waals surface area contributed by atoms with Gasteiger partial charge in [0.05, 0.1) is 15.3 Å². The van der Waals surface area contributed by atoms with Gasteiger partial charge in [-0.15, -0.1) is 0 Å². The number of benzene rings is 1. The minimum atomic E-state index is -4.35. The van der Waals surface area contributed by atoms with Crippen LogP contribution in [-0.2, 0) is 11.8 Å². The van der Waals surface area contributed by atoms with E-state index in [1.165, 1.54) is 0 Å². The smallest absolute Gasteiger partial charge is 0.119 e. The van der Waals surface area contributed by atoms with Crippen LogP contribution in [0.3, 0.4) is 0 Å². The van der Waals surface area contributed by atoms with E-state index in [9.17, 15) is 2.74 Å². The molecule has 0 unspecified atom stereocenters. The summed E-state index contributed by atoms with van der Waals surface area (Å²) in [5, 5.41) is 0. The van der Waals surface area contributed by atoms with Crippen LogP contribution in [0.15, 0.2) is 18.1 Å². The number of nitrogens with zero attached hydrogens (tertiary/aromatic N) is 1. The van der Waals surface area contributed by atoms with Gasteiger partial charge in [0.2, 0.25) is 0 Å². The number of likely N-dealkylation sites (tertiary alicyclic amines) is 1. The first kappa shape index (κ1) is 3.17. The molecule has 0 aromatic heterocycles. The normalized spacial score (nSPS) is 77.8. The lowest BCUT2D eigenvalue weighted by molar-refractivity contribution is 0.00274. The number of ether oxygens (including phenoxy) is 1. The fourth-order valence-corrected chi connectivity index (χ4v) is 2.43. The summed E-state index contributed by atoms with van der Waals surface area (Å²) in [6, 6.07) is -8.24. The summed E-state index contributed by atoms with van der Waals surface area (Å²) < 4.78 is 194. The van der Waals surface area contributed by atoms with Gasteiger partial charge >= 0.3 is 0 Å². The molecule has 1 aromatic carbocycles. The first-order valence-electron chi connectivity index (χ1n) is 16.8. The van der Waals surface area contributed by atoms with Crippen molar-refractivity contribution in [3.8, 4) is 5.75 Å². The minimum Gasteiger partial charge on any atom is -0.497 e. The second-order valence-corrected chi connectivity index (χ2v) is 4.45. The molecule has 3 atom stereocenters. The lowest BCUT2D eigenvalue weighted by Crippen LogP contribution is -2.59. The Labute approximate surface area is 153 Å². The van der Waals surface area contributed by atoms with Gasteiger partial charge in [0.1, 0.15) is 5.75 Å². The largest absolute Gasteiger partial charge is 0.497 e. The van der Waals surface area contributed by atoms with Crippen LogP contribution in [0.1, 0.15) is 73.1 Å². The molecule has 2 bridgehead atoms. The van der Waals surface area contributed by atoms with Gasteiger partial charge in [-0.1, -0.05) is 18.8 Å². The van der Waals surface area contributed by atoms with Crippen LogP contribution in [0.4, 0.5) is 0 Å². The molecule has 0 N–H and O–H groups in total. The highest BCUT2D eigenvalue weighted by molar-refractivity contribution is 5.45. The summed E-state index contributed by atoms with van der Waals surface area (Å²) in [6.45, 7) is -3.80. The van der Waals surface area contributed by atoms with Gasteiger partial charge in [-0.3, -0.25) is 0 Å². The van der Waals surface area contributed by atoms with Crippen molar-refractivity contribution in [2.24, 2.45) is 5.89 Å². The molecule has 20 heavy (non-hydrogen) atoms. The van der Waals surface area contributed by atoms with E-state index in [1.54, 1.807) is 0 Å². The summed E-state index contributed by atoms with van der Waals surface area (Å²) in [7, 11) is -2.93. The Bertz CT molecular complexity index is 1380. The van der Waals surface area contributed by atoms with Crippen LogP contribution in [0, 0.1) is 5.89 Å². The van der Waals surface area contributed by atoms with Gasteiger partial charge in [0.25, 0.3) is 0 Å². The van der Waals surface area contributed by atoms with Crippen molar-refractivity contribution in [3.05, 3.63) is 29.3 Å². The predicted octanol–water partition coefficient (Wildman–Crippen LogP) is 3.38. The van der Waals surface area contributed by atoms with Gasteiger partial charge < -0.3 is 9.64 Å². The van der Waals surface area contributed by atoms with E-state index in [2.05, 4.69) is 4.74 Å². The van der Waals surface area contributed by atoms with Gasteiger partial charge in [-0.2, -0.15) is 0 Å². The number of fused-ring (bicyclic) bond motifs is 1. The average Bonchev–Trinajstić information content (AvgIpc) is 2.80. The van der Waals surface area contributed by atoms with E-state index in [0.717, 1.165) is 0 Å². The summed E-state index contributed by atoms with van der Waals surface area (Å²) in [6.07, 6.45) is -25.0. The number of piperidine rings is 1. The van der Waals surface area contributed by atoms with Crippen molar-refractivity contribution in [1.29, 1.82) is 0 Å². The van der Waals surface area contributed by atoms with Crippen molar-refractivity contribution in [1.82, 2.24) is 4.90 Å². The summed E-state index contributed by atoms with van der Waals surface area (Å²) >= 11 is 0. The molecule has 1 aliphatic heterocycles. The first-order valence-corrected chi connectivity index (χ1v) is 5.80. The maximum Gasteiger partial charge on any atom is 0.119 e. The second-order valence-electron chi connectivity index (χ2n) is 4.45. The van der Waals surface area contributed by atoms with E-state index in [0.29, 0.717) is 7.05 Å². The molecular formula is C18H25NO. The maximum atomic E-state index is 9.55. The van der Waals surface area contributed by atoms with Crippen LogP contribution in [0.2, 0.25) is 0 Å². The monoisotopic (exact) mass is 293 g/mol. The number of hydrogen-bond acceptors (Lipinski definition) is 2. The molecule has 3 aliphatic rings. The van der Waals surface area contributed by atoms with Crippen LogP contribution in [0.25, 0.3) is 0 Å². The molecular weight excluding hydrogens is 246 g/mol. The minimum absolute atomic E-state index is 0.0708. The Hall–Kier alpha value is -1.02. The lowest BCUT2D eigenvalue weighted by atomic mass is 9.52. The first-order chi connectivity index (χ1) is 18.2. The summed E-state index contributed by atoms with van der Waals surface area (Å²) in [5.74, 6) is -5.67. The SMILES string of the molecule is [2H]c1c([2H])c2c(c([2H])c1OC([2H])([2H])[2H])[C@@]13C([2H])([2H])C([2H])([2H])N(C)[C@@]([2H])(C2([2H])[2H])[C@@]1([2H])C([2H])([2H])C([2H])([2H])C([2H])([2H])C3([2H])[2H]. The highest BCUT2D eigenvalue weighted by atomic mass is 16.5. The number of rotatable bonds is 1. The zero-order chi connectivity index (χ0) is 33.2. The van der Waals surface area contributed by atoms with Crippen LogP contribution in [-0.4, -0.2) is 31.5 Å². The number of methoxy groups -OCH3 is 1. The zero-order valence-electron chi connectivity index (χ0n) is 32.4. The number of hydrogen-bond donors (Lipinski definition) is 0. The van der Waals surface area contributed by atoms with Crippen LogP contribution in [0.5, 0.6) is 5.75 Å². The van der Waals surface area contributed by atoms with Crippen molar-refractivity contribution in [2.45, 2.75) is 49.7 Å². The van der Waals surface area contributed by atoms with E-state index in [4.69, 9.17) is 27.4 Å². The molecule has 1 heterocycles. The van der Waals surface area contributed by atoms with Crippen molar-refractivity contribution in [3.63, 3.8) is 0 Å². The molecule has 2 aliphatic carbocycles. The van der Waals surface area contributed by atoms with E-state index < -0.39 is 104 Å². The summed E-state index contributed by atoms with van der Waals surface area (Å²) in [5.41, 5.74) is -7.23. The standard InChI is InChI=1S/C18H25NO/c1-19-10-9-18-8-4-3-5-15(18)17(19)11-13-6-7-14(20-2)12-16(13)18/h6-7,12,15,17H,3-5,8-11H2,1-2H3/t15-,17+,18+/m1/s1/i2D3,3D2,4D2,5D2,6D,7D,8D2,9D2,10D2,11D2,12D,15D,17D. The van der Waals surface area contributed by atoms with Crippen molar-refractivity contribution < 1.29 is 34.9 Å². The van der Waals surface area contributed by atoms with Gasteiger partial charge in [0.15, 0.2) is 0 Å². The second kappa shape index (κ2) is 4.49. The molecule has 0 radical (unpaired) electrons. The maximum absolute atomic E-state index is 9.55. The Balaban J connectivity index is 2.54. The van der Waals surface area contributed by atoms with Gasteiger partial charge in [0, 0.05) is 33.4 Å². The third-order valence-corrected chi connectivity index (χ3v) is 3.37. The summed E-state index contributed by atoms with van der Waals surface area (Å²) in [4.78, 5) is -0.0708. The third-order valence-electron chi connectivity index (χ3n) is 3.37.